The SMILES string of the molecule is Cc1nc(C(F)(F)F)ccc1C(=O)N1C[C@@H](CN)[C@H](c2ccccc2)C1. The van der Waals surface area contributed by atoms with Gasteiger partial charge in [0.2, 0.25) is 0 Å². The van der Waals surface area contributed by atoms with E-state index in [-0.39, 0.29) is 29.0 Å². The van der Waals surface area contributed by atoms with E-state index in [1.54, 1.807) is 4.90 Å². The van der Waals surface area contributed by atoms with Gasteiger partial charge >= 0.3 is 6.18 Å². The Kier molecular flexibility index (Phi) is 5.00. The minimum atomic E-state index is -4.52. The summed E-state index contributed by atoms with van der Waals surface area (Å²) in [5.74, 6) is -0.0717. The van der Waals surface area contributed by atoms with Crippen molar-refractivity contribution in [3.8, 4) is 0 Å². The summed E-state index contributed by atoms with van der Waals surface area (Å²) in [6.07, 6.45) is -4.52. The Bertz CT molecular complexity index is 792. The zero-order valence-corrected chi connectivity index (χ0v) is 14.3. The average Bonchev–Trinajstić information content (AvgIpc) is 3.05. The van der Waals surface area contributed by atoms with Crippen molar-refractivity contribution in [3.63, 3.8) is 0 Å². The van der Waals surface area contributed by atoms with Crippen molar-refractivity contribution in [3.05, 3.63) is 65.0 Å². The largest absolute Gasteiger partial charge is 0.433 e. The van der Waals surface area contributed by atoms with Crippen LogP contribution in [0.4, 0.5) is 13.2 Å². The number of alkyl halides is 3. The first-order chi connectivity index (χ1) is 12.3. The van der Waals surface area contributed by atoms with Gasteiger partial charge in [0.25, 0.3) is 5.91 Å². The molecule has 2 atom stereocenters. The molecule has 0 unspecified atom stereocenters. The van der Waals surface area contributed by atoms with E-state index in [1.165, 1.54) is 13.0 Å². The van der Waals surface area contributed by atoms with Crippen LogP contribution < -0.4 is 5.73 Å². The van der Waals surface area contributed by atoms with Crippen LogP contribution in [0.25, 0.3) is 0 Å². The predicted molar refractivity (Wildman–Crippen MR) is 91.6 cm³/mol. The minimum Gasteiger partial charge on any atom is -0.338 e. The maximum absolute atomic E-state index is 12.8. The highest BCUT2D eigenvalue weighted by Gasteiger charge is 2.37. The van der Waals surface area contributed by atoms with Crippen LogP contribution in [0, 0.1) is 12.8 Å². The normalized spacial score (nSPS) is 20.4. The molecule has 1 fully saturated rings. The number of aryl methyl sites for hydroxylation is 1. The fourth-order valence-corrected chi connectivity index (χ4v) is 3.47. The molecule has 0 saturated carbocycles. The summed E-state index contributed by atoms with van der Waals surface area (Å²) >= 11 is 0. The quantitative estimate of drug-likeness (QED) is 0.911. The van der Waals surface area contributed by atoms with Crippen molar-refractivity contribution >= 4 is 5.91 Å². The molecule has 1 aliphatic heterocycles. The molecule has 1 saturated heterocycles. The van der Waals surface area contributed by atoms with Crippen LogP contribution in [-0.2, 0) is 6.18 Å². The van der Waals surface area contributed by atoms with Crippen LogP contribution in [0.15, 0.2) is 42.5 Å². The number of aromatic nitrogens is 1. The lowest BCUT2D eigenvalue weighted by molar-refractivity contribution is -0.141. The summed E-state index contributed by atoms with van der Waals surface area (Å²) in [5.41, 5.74) is 6.28. The van der Waals surface area contributed by atoms with Gasteiger partial charge in [0.15, 0.2) is 0 Å². The predicted octanol–water partition coefficient (Wildman–Crippen LogP) is 3.22. The number of carbonyl (C=O) groups is 1. The summed E-state index contributed by atoms with van der Waals surface area (Å²) in [6.45, 7) is 2.84. The third-order valence-electron chi connectivity index (χ3n) is 4.87. The molecule has 138 valence electrons. The first kappa shape index (κ1) is 18.4. The zero-order chi connectivity index (χ0) is 18.9. The fraction of sp³-hybridized carbons (Fsp3) is 0.368. The number of hydrogen-bond donors (Lipinski definition) is 1. The molecule has 0 bridgehead atoms. The Morgan fingerprint density at radius 3 is 2.46 bits per heavy atom. The minimum absolute atomic E-state index is 0.0808. The highest BCUT2D eigenvalue weighted by atomic mass is 19.4. The summed E-state index contributed by atoms with van der Waals surface area (Å²) in [7, 11) is 0. The van der Waals surface area contributed by atoms with Crippen LogP contribution in [0.2, 0.25) is 0 Å². The Hall–Kier alpha value is -2.41. The molecule has 7 heteroatoms. The van der Waals surface area contributed by atoms with Crippen LogP contribution in [-0.4, -0.2) is 35.4 Å². The number of halogens is 3. The number of nitrogens with two attached hydrogens (primary N) is 1. The second-order valence-electron chi connectivity index (χ2n) is 6.55. The van der Waals surface area contributed by atoms with Crippen molar-refractivity contribution in [1.29, 1.82) is 0 Å². The van der Waals surface area contributed by atoms with E-state index in [9.17, 15) is 18.0 Å². The van der Waals surface area contributed by atoms with Crippen LogP contribution >= 0.6 is 0 Å². The number of rotatable bonds is 3. The maximum Gasteiger partial charge on any atom is 0.433 e. The van der Waals surface area contributed by atoms with Gasteiger partial charge in [-0.25, -0.2) is 4.98 Å². The van der Waals surface area contributed by atoms with E-state index in [1.807, 2.05) is 30.3 Å². The molecule has 0 aliphatic carbocycles. The van der Waals surface area contributed by atoms with Gasteiger partial charge in [-0.2, -0.15) is 13.2 Å². The van der Waals surface area contributed by atoms with Gasteiger partial charge in [0.05, 0.1) is 11.3 Å². The standard InChI is InChI=1S/C19H20F3N3O/c1-12-15(7-8-17(24-12)19(20,21)22)18(26)25-10-14(9-23)16(11-25)13-5-3-2-4-6-13/h2-8,14,16H,9-11,23H2,1H3/t14-,16+/m1/s1. The third-order valence-corrected chi connectivity index (χ3v) is 4.87. The first-order valence-corrected chi connectivity index (χ1v) is 8.40. The monoisotopic (exact) mass is 363 g/mol. The zero-order valence-electron chi connectivity index (χ0n) is 14.3. The van der Waals surface area contributed by atoms with Gasteiger partial charge in [-0.3, -0.25) is 4.79 Å². The molecular weight excluding hydrogens is 343 g/mol. The van der Waals surface area contributed by atoms with E-state index in [2.05, 4.69) is 4.98 Å². The van der Waals surface area contributed by atoms with Crippen molar-refractivity contribution in [2.24, 2.45) is 11.7 Å². The number of likely N-dealkylation sites (tertiary alicyclic amines) is 1. The van der Waals surface area contributed by atoms with Gasteiger partial charge < -0.3 is 10.6 Å². The van der Waals surface area contributed by atoms with Crippen LogP contribution in [0.3, 0.4) is 0 Å². The number of nitrogens with zero attached hydrogens (tertiary/aromatic N) is 2. The highest BCUT2D eigenvalue weighted by molar-refractivity contribution is 5.95. The lowest BCUT2D eigenvalue weighted by Crippen LogP contribution is -2.30. The van der Waals surface area contributed by atoms with Gasteiger partial charge in [-0.1, -0.05) is 30.3 Å². The smallest absolute Gasteiger partial charge is 0.338 e. The lowest BCUT2D eigenvalue weighted by atomic mass is 9.89. The third kappa shape index (κ3) is 3.58. The van der Waals surface area contributed by atoms with Crippen LogP contribution in [0.1, 0.15) is 33.2 Å². The molecule has 1 amide bonds. The summed E-state index contributed by atoms with van der Waals surface area (Å²) in [6, 6.07) is 11.9. The molecule has 2 N–H and O–H groups in total. The molecule has 1 aromatic heterocycles. The Labute approximate surface area is 149 Å². The number of carbonyl (C=O) groups excluding carboxylic acids is 1. The van der Waals surface area contributed by atoms with Crippen molar-refractivity contribution in [1.82, 2.24) is 9.88 Å². The second kappa shape index (κ2) is 7.07. The molecule has 1 aliphatic rings. The van der Waals surface area contributed by atoms with E-state index in [0.717, 1.165) is 11.6 Å². The second-order valence-corrected chi connectivity index (χ2v) is 6.55. The first-order valence-electron chi connectivity index (χ1n) is 8.40. The Balaban J connectivity index is 1.83. The molecule has 3 rings (SSSR count). The van der Waals surface area contributed by atoms with E-state index < -0.39 is 11.9 Å². The van der Waals surface area contributed by atoms with Crippen molar-refractivity contribution < 1.29 is 18.0 Å². The van der Waals surface area contributed by atoms with Gasteiger partial charge in [-0.05, 0) is 37.1 Å². The van der Waals surface area contributed by atoms with E-state index in [4.69, 9.17) is 5.73 Å². The molecule has 2 aromatic rings. The number of hydrogen-bond acceptors (Lipinski definition) is 3. The molecule has 0 spiro atoms. The van der Waals surface area contributed by atoms with E-state index >= 15 is 0 Å². The Morgan fingerprint density at radius 1 is 1.19 bits per heavy atom. The fourth-order valence-electron chi connectivity index (χ4n) is 3.47. The average molecular weight is 363 g/mol. The molecular formula is C19H20F3N3O. The van der Waals surface area contributed by atoms with Crippen molar-refractivity contribution in [2.45, 2.75) is 19.0 Å². The Morgan fingerprint density at radius 2 is 1.88 bits per heavy atom. The number of amides is 1. The van der Waals surface area contributed by atoms with Gasteiger partial charge in [-0.15, -0.1) is 0 Å². The molecule has 4 nitrogen and oxygen atoms in total. The van der Waals surface area contributed by atoms with E-state index in [0.29, 0.717) is 19.6 Å². The summed E-state index contributed by atoms with van der Waals surface area (Å²) in [5, 5.41) is 0. The topological polar surface area (TPSA) is 59.2 Å². The van der Waals surface area contributed by atoms with Crippen molar-refractivity contribution in [2.75, 3.05) is 19.6 Å². The molecule has 2 heterocycles. The highest BCUT2D eigenvalue weighted by Crippen LogP contribution is 2.33. The number of pyridine rings is 1. The summed E-state index contributed by atoms with van der Waals surface area (Å²) in [4.78, 5) is 18.0. The van der Waals surface area contributed by atoms with Crippen LogP contribution in [0.5, 0.6) is 0 Å². The number of benzene rings is 1. The summed E-state index contributed by atoms with van der Waals surface area (Å²) < 4.78 is 38.3. The molecule has 26 heavy (non-hydrogen) atoms. The molecule has 0 radical (unpaired) electrons. The lowest BCUT2D eigenvalue weighted by Gasteiger charge is -2.18. The van der Waals surface area contributed by atoms with Gasteiger partial charge in [0.1, 0.15) is 5.69 Å². The molecule has 1 aromatic carbocycles. The van der Waals surface area contributed by atoms with Gasteiger partial charge in [0, 0.05) is 19.0 Å². The maximum atomic E-state index is 12.8.